The zero-order chi connectivity index (χ0) is 14.4. The zero-order valence-corrected chi connectivity index (χ0v) is 12.5. The highest BCUT2D eigenvalue weighted by atomic mass is 35.5. The van der Waals surface area contributed by atoms with Crippen molar-refractivity contribution in [2.24, 2.45) is 0 Å². The van der Waals surface area contributed by atoms with Crippen molar-refractivity contribution in [1.29, 1.82) is 0 Å². The van der Waals surface area contributed by atoms with Gasteiger partial charge in [0.2, 0.25) is 0 Å². The van der Waals surface area contributed by atoms with E-state index < -0.39 is 0 Å². The largest absolute Gasteiger partial charge is 0.450 e. The summed E-state index contributed by atoms with van der Waals surface area (Å²) in [5.41, 5.74) is 0. The molecule has 0 unspecified atom stereocenters. The fourth-order valence-corrected chi connectivity index (χ4v) is 2.47. The Balaban J connectivity index is 1.60. The van der Waals surface area contributed by atoms with Gasteiger partial charge in [0.1, 0.15) is 0 Å². The smallest absolute Gasteiger partial charge is 0.409 e. The average molecular weight is 301 g/mol. The minimum absolute atomic E-state index is 0.206. The number of hydrogen-bond donors (Lipinski definition) is 1. The van der Waals surface area contributed by atoms with Gasteiger partial charge in [-0.1, -0.05) is 11.6 Å². The Morgan fingerprint density at radius 1 is 1.65 bits per heavy atom. The molecule has 1 aromatic heterocycles. The molecule has 0 aromatic carbocycles. The van der Waals surface area contributed by atoms with Crippen LogP contribution in [0.3, 0.4) is 0 Å². The van der Waals surface area contributed by atoms with Gasteiger partial charge in [0.05, 0.1) is 17.8 Å². The molecular weight excluding hydrogens is 280 g/mol. The van der Waals surface area contributed by atoms with Gasteiger partial charge in [0.25, 0.3) is 0 Å². The summed E-state index contributed by atoms with van der Waals surface area (Å²) in [6.07, 6.45) is 5.21. The first-order valence-corrected chi connectivity index (χ1v) is 7.40. The van der Waals surface area contributed by atoms with E-state index in [4.69, 9.17) is 16.3 Å². The van der Waals surface area contributed by atoms with Crippen LogP contribution in [0.15, 0.2) is 12.4 Å². The van der Waals surface area contributed by atoms with Crippen molar-refractivity contribution in [2.75, 3.05) is 26.2 Å². The molecule has 1 amide bonds. The molecule has 20 heavy (non-hydrogen) atoms. The highest BCUT2D eigenvalue weighted by Gasteiger charge is 2.26. The summed E-state index contributed by atoms with van der Waals surface area (Å²) in [7, 11) is 0. The Morgan fingerprint density at radius 2 is 2.50 bits per heavy atom. The second kappa shape index (κ2) is 7.50. The third-order valence-corrected chi connectivity index (χ3v) is 3.51. The van der Waals surface area contributed by atoms with Crippen LogP contribution in [0.25, 0.3) is 0 Å². The normalized spacial score (nSPS) is 18.5. The summed E-state index contributed by atoms with van der Waals surface area (Å²) in [6.45, 7) is 5.50. The molecule has 0 bridgehead atoms. The van der Waals surface area contributed by atoms with Gasteiger partial charge in [-0.2, -0.15) is 5.10 Å². The summed E-state index contributed by atoms with van der Waals surface area (Å²) >= 11 is 5.80. The quantitative estimate of drug-likeness (QED) is 0.813. The van der Waals surface area contributed by atoms with Crippen LogP contribution in [0.4, 0.5) is 4.79 Å². The number of rotatable bonds is 6. The van der Waals surface area contributed by atoms with Crippen molar-refractivity contribution in [3.8, 4) is 0 Å². The minimum Gasteiger partial charge on any atom is -0.450 e. The number of carbonyl (C=O) groups excluding carboxylic acids is 1. The first kappa shape index (κ1) is 15.1. The number of amides is 1. The van der Waals surface area contributed by atoms with E-state index in [2.05, 4.69) is 10.4 Å². The van der Waals surface area contributed by atoms with E-state index in [-0.39, 0.29) is 6.09 Å². The average Bonchev–Trinajstić information content (AvgIpc) is 3.04. The number of halogens is 1. The van der Waals surface area contributed by atoms with Crippen LogP contribution in [-0.4, -0.2) is 53.1 Å². The number of hydrogen-bond acceptors (Lipinski definition) is 4. The van der Waals surface area contributed by atoms with Gasteiger partial charge in [0.15, 0.2) is 0 Å². The molecule has 112 valence electrons. The molecule has 7 heteroatoms. The maximum absolute atomic E-state index is 11.6. The monoisotopic (exact) mass is 300 g/mol. The van der Waals surface area contributed by atoms with Gasteiger partial charge in [0, 0.05) is 31.9 Å². The summed E-state index contributed by atoms with van der Waals surface area (Å²) in [4.78, 5) is 13.3. The molecule has 0 saturated carbocycles. The summed E-state index contributed by atoms with van der Waals surface area (Å²) < 4.78 is 6.83. The second-order valence-corrected chi connectivity index (χ2v) is 5.30. The van der Waals surface area contributed by atoms with Crippen LogP contribution in [0, 0.1) is 0 Å². The molecule has 1 saturated heterocycles. The van der Waals surface area contributed by atoms with Crippen molar-refractivity contribution in [1.82, 2.24) is 20.0 Å². The molecule has 0 aliphatic carbocycles. The van der Waals surface area contributed by atoms with Gasteiger partial charge < -0.3 is 15.0 Å². The fraction of sp³-hybridized carbons (Fsp3) is 0.692. The van der Waals surface area contributed by atoms with E-state index in [1.165, 1.54) is 0 Å². The summed E-state index contributed by atoms with van der Waals surface area (Å²) in [5, 5.41) is 8.26. The topological polar surface area (TPSA) is 59.4 Å². The van der Waals surface area contributed by atoms with E-state index in [9.17, 15) is 4.79 Å². The van der Waals surface area contributed by atoms with Crippen LogP contribution in [0.5, 0.6) is 0 Å². The molecule has 2 rings (SSSR count). The van der Waals surface area contributed by atoms with Crippen LogP contribution in [0.1, 0.15) is 19.8 Å². The Bertz CT molecular complexity index is 438. The SMILES string of the molecule is CCOC(=O)N1CC[C@H](NCCCn2cc(Cl)cn2)C1. The van der Waals surface area contributed by atoms with Crippen molar-refractivity contribution in [3.63, 3.8) is 0 Å². The highest BCUT2D eigenvalue weighted by molar-refractivity contribution is 6.30. The standard InChI is InChI=1S/C13H21ClN4O2/c1-2-20-13(19)17-7-4-12(10-17)15-5-3-6-18-9-11(14)8-16-18/h8-9,12,15H,2-7,10H2,1H3/t12-/m0/s1. The Labute approximate surface area is 124 Å². The number of ether oxygens (including phenoxy) is 1. The molecule has 1 atom stereocenters. The number of nitrogens with zero attached hydrogens (tertiary/aromatic N) is 3. The maximum Gasteiger partial charge on any atom is 0.409 e. The lowest BCUT2D eigenvalue weighted by atomic mass is 10.2. The third-order valence-electron chi connectivity index (χ3n) is 3.31. The maximum atomic E-state index is 11.6. The van der Waals surface area contributed by atoms with Gasteiger partial charge in [-0.25, -0.2) is 4.79 Å². The Hall–Kier alpha value is -1.27. The first-order valence-electron chi connectivity index (χ1n) is 7.02. The van der Waals surface area contributed by atoms with Crippen LogP contribution >= 0.6 is 11.6 Å². The van der Waals surface area contributed by atoms with E-state index in [1.54, 1.807) is 11.1 Å². The molecule has 2 heterocycles. The van der Waals surface area contributed by atoms with Crippen LogP contribution in [0.2, 0.25) is 5.02 Å². The predicted molar refractivity (Wildman–Crippen MR) is 76.9 cm³/mol. The van der Waals surface area contributed by atoms with Crippen molar-refractivity contribution < 1.29 is 9.53 Å². The van der Waals surface area contributed by atoms with E-state index in [0.717, 1.165) is 39.0 Å². The lowest BCUT2D eigenvalue weighted by Gasteiger charge is -2.16. The van der Waals surface area contributed by atoms with Gasteiger partial charge in [-0.15, -0.1) is 0 Å². The van der Waals surface area contributed by atoms with Gasteiger partial charge in [-0.3, -0.25) is 4.68 Å². The van der Waals surface area contributed by atoms with Crippen molar-refractivity contribution in [3.05, 3.63) is 17.4 Å². The van der Waals surface area contributed by atoms with Crippen LogP contribution < -0.4 is 5.32 Å². The predicted octanol–water partition coefficient (Wildman–Crippen LogP) is 1.75. The molecule has 1 aliphatic rings. The number of aryl methyl sites for hydroxylation is 1. The molecule has 1 fully saturated rings. The van der Waals surface area contributed by atoms with Crippen LogP contribution in [-0.2, 0) is 11.3 Å². The minimum atomic E-state index is -0.206. The third kappa shape index (κ3) is 4.38. The van der Waals surface area contributed by atoms with Gasteiger partial charge >= 0.3 is 6.09 Å². The summed E-state index contributed by atoms with van der Waals surface area (Å²) in [6, 6.07) is 0.362. The lowest BCUT2D eigenvalue weighted by Crippen LogP contribution is -2.36. The highest BCUT2D eigenvalue weighted by Crippen LogP contribution is 2.10. The molecule has 0 spiro atoms. The number of aromatic nitrogens is 2. The lowest BCUT2D eigenvalue weighted by molar-refractivity contribution is 0.115. The van der Waals surface area contributed by atoms with Gasteiger partial charge in [-0.05, 0) is 26.3 Å². The molecule has 0 radical (unpaired) electrons. The van der Waals surface area contributed by atoms with E-state index in [0.29, 0.717) is 17.7 Å². The van der Waals surface area contributed by atoms with E-state index in [1.807, 2.05) is 17.8 Å². The second-order valence-electron chi connectivity index (χ2n) is 4.86. The fourth-order valence-electron chi connectivity index (χ4n) is 2.32. The molecule has 1 aromatic rings. The molecule has 1 aliphatic heterocycles. The number of nitrogens with one attached hydrogen (secondary N) is 1. The van der Waals surface area contributed by atoms with Crippen molar-refractivity contribution >= 4 is 17.7 Å². The summed E-state index contributed by atoms with van der Waals surface area (Å²) in [5.74, 6) is 0. The van der Waals surface area contributed by atoms with Crippen molar-refractivity contribution in [2.45, 2.75) is 32.4 Å². The number of carbonyl (C=O) groups is 1. The molecule has 1 N–H and O–H groups in total. The first-order chi connectivity index (χ1) is 9.69. The van der Waals surface area contributed by atoms with E-state index >= 15 is 0 Å². The Kier molecular flexibility index (Phi) is 5.67. The Morgan fingerprint density at radius 3 is 3.20 bits per heavy atom. The number of likely N-dealkylation sites (tertiary alicyclic amines) is 1. The zero-order valence-electron chi connectivity index (χ0n) is 11.7. The molecular formula is C13H21ClN4O2. The molecule has 6 nitrogen and oxygen atoms in total.